The van der Waals surface area contributed by atoms with E-state index in [1.54, 1.807) is 12.1 Å². The summed E-state index contributed by atoms with van der Waals surface area (Å²) in [5, 5.41) is 0. The van der Waals surface area contributed by atoms with Crippen LogP contribution in [0.25, 0.3) is 11.1 Å². The van der Waals surface area contributed by atoms with Crippen LogP contribution in [0, 0.1) is 5.82 Å². The molecule has 3 heterocycles. The molecule has 0 saturated carbocycles. The molecule has 1 amide bonds. The summed E-state index contributed by atoms with van der Waals surface area (Å²) in [5.41, 5.74) is 5.24. The van der Waals surface area contributed by atoms with Crippen LogP contribution >= 0.6 is 0 Å². The predicted molar refractivity (Wildman–Crippen MR) is 125 cm³/mol. The van der Waals surface area contributed by atoms with E-state index in [2.05, 4.69) is 29.2 Å². The van der Waals surface area contributed by atoms with Gasteiger partial charge in [-0.2, -0.15) is 0 Å². The summed E-state index contributed by atoms with van der Waals surface area (Å²) in [6.45, 7) is 5.69. The molecule has 0 spiro atoms. The zero-order chi connectivity index (χ0) is 21.9. The van der Waals surface area contributed by atoms with E-state index in [1.165, 1.54) is 55.6 Å². The molecule has 0 unspecified atom stereocenters. The maximum atomic E-state index is 13.2. The summed E-state index contributed by atoms with van der Waals surface area (Å²) in [5.74, 6) is -0.175. The second-order valence-corrected chi connectivity index (χ2v) is 9.01. The van der Waals surface area contributed by atoms with Gasteiger partial charge in [-0.1, -0.05) is 42.8 Å². The molecular weight excluding hydrogens is 401 g/mol. The third kappa shape index (κ3) is 4.63. The minimum atomic E-state index is -0.250. The Hall–Kier alpha value is -2.92. The molecule has 2 aliphatic heterocycles. The molecule has 5 rings (SSSR count). The lowest BCUT2D eigenvalue weighted by atomic mass is 10.1. The Balaban J connectivity index is 1.19. The fourth-order valence-corrected chi connectivity index (χ4v) is 4.83. The van der Waals surface area contributed by atoms with Gasteiger partial charge in [-0.05, 0) is 67.2 Å². The zero-order valence-corrected chi connectivity index (χ0v) is 18.5. The van der Waals surface area contributed by atoms with Crippen molar-refractivity contribution in [3.63, 3.8) is 0 Å². The van der Waals surface area contributed by atoms with Gasteiger partial charge < -0.3 is 9.47 Å². The molecule has 3 aromatic rings. The van der Waals surface area contributed by atoms with Crippen LogP contribution in [0.15, 0.2) is 60.8 Å². The number of nitrogens with zero attached hydrogens (tertiary/aromatic N) is 3. The lowest BCUT2D eigenvalue weighted by Crippen LogP contribution is -2.40. The molecule has 1 saturated heterocycles. The number of piperidine rings is 1. The van der Waals surface area contributed by atoms with Gasteiger partial charge in [-0.3, -0.25) is 9.69 Å². The lowest BCUT2D eigenvalue weighted by molar-refractivity contribution is 0.0707. The number of fused-ring (bicyclic) bond motifs is 1. The summed E-state index contributed by atoms with van der Waals surface area (Å²) in [6, 6.07) is 17.3. The second kappa shape index (κ2) is 9.29. The Morgan fingerprint density at radius 3 is 2.25 bits per heavy atom. The quantitative estimate of drug-likeness (QED) is 0.551. The summed E-state index contributed by atoms with van der Waals surface area (Å²) in [4.78, 5) is 17.5. The van der Waals surface area contributed by atoms with E-state index in [0.29, 0.717) is 5.69 Å². The largest absolute Gasteiger partial charge is 0.341 e. The number of hydrogen-bond donors (Lipinski definition) is 0. The van der Waals surface area contributed by atoms with Crippen molar-refractivity contribution in [3.05, 3.63) is 83.4 Å². The highest BCUT2D eigenvalue weighted by Crippen LogP contribution is 2.25. The Bertz CT molecular complexity index is 1070. The number of aromatic nitrogens is 1. The molecule has 4 nitrogen and oxygen atoms in total. The molecule has 0 atom stereocenters. The van der Waals surface area contributed by atoms with Crippen molar-refractivity contribution in [1.82, 2.24) is 14.4 Å². The van der Waals surface area contributed by atoms with Crippen LogP contribution in [0.1, 0.15) is 40.9 Å². The summed E-state index contributed by atoms with van der Waals surface area (Å²) in [7, 11) is 0. The highest BCUT2D eigenvalue weighted by molar-refractivity contribution is 5.95. The van der Waals surface area contributed by atoms with Crippen molar-refractivity contribution in [3.8, 4) is 11.1 Å². The van der Waals surface area contributed by atoms with Crippen molar-refractivity contribution < 1.29 is 9.18 Å². The van der Waals surface area contributed by atoms with Crippen LogP contribution in [-0.4, -0.2) is 46.5 Å². The van der Waals surface area contributed by atoms with E-state index < -0.39 is 0 Å². The number of rotatable bonds is 6. The van der Waals surface area contributed by atoms with Gasteiger partial charge in [0.1, 0.15) is 11.5 Å². The third-order valence-corrected chi connectivity index (χ3v) is 6.74. The van der Waals surface area contributed by atoms with Gasteiger partial charge in [-0.15, -0.1) is 0 Å². The Kier molecular flexibility index (Phi) is 6.08. The van der Waals surface area contributed by atoms with E-state index in [9.17, 15) is 9.18 Å². The van der Waals surface area contributed by atoms with Crippen molar-refractivity contribution in [2.75, 3.05) is 26.2 Å². The van der Waals surface area contributed by atoms with E-state index in [0.717, 1.165) is 43.7 Å². The predicted octanol–water partition coefficient (Wildman–Crippen LogP) is 4.98. The topological polar surface area (TPSA) is 28.5 Å². The first-order chi connectivity index (χ1) is 15.7. The van der Waals surface area contributed by atoms with E-state index >= 15 is 0 Å². The molecule has 5 heteroatoms. The fourth-order valence-electron chi connectivity index (χ4n) is 4.83. The molecule has 0 N–H and O–H groups in total. The molecule has 166 valence electrons. The molecule has 0 radical (unpaired) electrons. The highest BCUT2D eigenvalue weighted by Gasteiger charge is 2.25. The third-order valence-electron chi connectivity index (χ3n) is 6.74. The monoisotopic (exact) mass is 431 g/mol. The van der Waals surface area contributed by atoms with Crippen molar-refractivity contribution >= 4 is 5.91 Å². The molecule has 0 bridgehead atoms. The van der Waals surface area contributed by atoms with Gasteiger partial charge >= 0.3 is 0 Å². The number of benzene rings is 2. The molecule has 0 aliphatic carbocycles. The number of hydrogen-bond acceptors (Lipinski definition) is 2. The van der Waals surface area contributed by atoms with Gasteiger partial charge in [0.25, 0.3) is 5.91 Å². The summed E-state index contributed by atoms with van der Waals surface area (Å²) in [6.07, 6.45) is 6.86. The molecular formula is C27H30FN3O. The SMILES string of the molecule is O=C1c2cc(-c3ccc(F)cc3)cn2CCN1CCc1ccc(CN2CCCCC2)cc1. The van der Waals surface area contributed by atoms with Crippen LogP contribution in [0.4, 0.5) is 4.39 Å². The number of carbonyl (C=O) groups excluding carboxylic acids is 1. The second-order valence-electron chi connectivity index (χ2n) is 9.01. The average Bonchev–Trinajstić information content (AvgIpc) is 3.26. The van der Waals surface area contributed by atoms with Gasteiger partial charge in [-0.25, -0.2) is 4.39 Å². The molecule has 1 aromatic heterocycles. The molecule has 2 aliphatic rings. The lowest BCUT2D eigenvalue weighted by Gasteiger charge is -2.28. The highest BCUT2D eigenvalue weighted by atomic mass is 19.1. The minimum absolute atomic E-state index is 0.0753. The minimum Gasteiger partial charge on any atom is -0.341 e. The first-order valence-electron chi connectivity index (χ1n) is 11.7. The van der Waals surface area contributed by atoms with Gasteiger partial charge in [0.2, 0.25) is 0 Å². The van der Waals surface area contributed by atoms with Crippen LogP contribution in [-0.2, 0) is 19.5 Å². The molecule has 1 fully saturated rings. The summed E-state index contributed by atoms with van der Waals surface area (Å²) >= 11 is 0. The van der Waals surface area contributed by atoms with E-state index in [4.69, 9.17) is 0 Å². The van der Waals surface area contributed by atoms with Crippen molar-refractivity contribution in [1.29, 1.82) is 0 Å². The van der Waals surface area contributed by atoms with Crippen LogP contribution in [0.3, 0.4) is 0 Å². The van der Waals surface area contributed by atoms with Gasteiger partial charge in [0.15, 0.2) is 0 Å². The number of likely N-dealkylation sites (tertiary alicyclic amines) is 1. The molecule has 2 aromatic carbocycles. The van der Waals surface area contributed by atoms with Crippen LogP contribution < -0.4 is 0 Å². The average molecular weight is 432 g/mol. The zero-order valence-electron chi connectivity index (χ0n) is 18.5. The number of amides is 1. The van der Waals surface area contributed by atoms with Gasteiger partial charge in [0.05, 0.1) is 0 Å². The fraction of sp³-hybridized carbons (Fsp3) is 0.370. The standard InChI is InChI=1S/C27H30FN3O/c28-25-10-8-23(9-11-25)24-18-26-27(32)30(16-17-31(26)20-24)15-12-21-4-6-22(7-5-21)19-29-13-2-1-3-14-29/h4-11,18,20H,1-3,12-17,19H2. The Morgan fingerprint density at radius 1 is 0.781 bits per heavy atom. The smallest absolute Gasteiger partial charge is 0.270 e. The first-order valence-corrected chi connectivity index (χ1v) is 11.7. The molecule has 32 heavy (non-hydrogen) atoms. The van der Waals surface area contributed by atoms with E-state index in [-0.39, 0.29) is 11.7 Å². The number of carbonyl (C=O) groups is 1. The number of halogens is 1. The van der Waals surface area contributed by atoms with Gasteiger partial charge in [0, 0.05) is 37.9 Å². The normalized spacial score (nSPS) is 16.9. The van der Waals surface area contributed by atoms with Crippen LogP contribution in [0.2, 0.25) is 0 Å². The van der Waals surface area contributed by atoms with Crippen molar-refractivity contribution in [2.24, 2.45) is 0 Å². The van der Waals surface area contributed by atoms with E-state index in [1.807, 2.05) is 21.7 Å². The van der Waals surface area contributed by atoms with Crippen molar-refractivity contribution in [2.45, 2.75) is 38.8 Å². The summed E-state index contributed by atoms with van der Waals surface area (Å²) < 4.78 is 15.2. The van der Waals surface area contributed by atoms with Crippen LogP contribution in [0.5, 0.6) is 0 Å². The maximum Gasteiger partial charge on any atom is 0.270 e. The first kappa shape index (κ1) is 21.0. The maximum absolute atomic E-state index is 13.2. The Labute approximate surface area is 189 Å². The Morgan fingerprint density at radius 2 is 1.50 bits per heavy atom.